The summed E-state index contributed by atoms with van der Waals surface area (Å²) in [6.45, 7) is 0. The number of aryl methyl sites for hydroxylation is 1. The number of nitrogens with zero attached hydrogens (tertiary/aromatic N) is 1. The van der Waals surface area contributed by atoms with Crippen LogP contribution in [-0.4, -0.2) is 16.1 Å². The van der Waals surface area contributed by atoms with Crippen LogP contribution in [0.25, 0.3) is 0 Å². The fourth-order valence-corrected chi connectivity index (χ4v) is 2.45. The lowest BCUT2D eigenvalue weighted by atomic mass is 9.93. The monoisotopic (exact) mass is 333 g/mol. The molecule has 1 heterocycles. The summed E-state index contributed by atoms with van der Waals surface area (Å²) >= 11 is 3.36. The zero-order valence-electron chi connectivity index (χ0n) is 11.0. The summed E-state index contributed by atoms with van der Waals surface area (Å²) in [7, 11) is 0. The number of carboxylic acids is 1. The van der Waals surface area contributed by atoms with Crippen molar-refractivity contribution in [2.24, 2.45) is 0 Å². The van der Waals surface area contributed by atoms with Crippen LogP contribution in [0.5, 0.6) is 0 Å². The fourth-order valence-electron chi connectivity index (χ4n) is 2.18. The molecule has 0 radical (unpaired) electrons. The first-order valence-corrected chi connectivity index (χ1v) is 7.33. The van der Waals surface area contributed by atoms with E-state index < -0.39 is 11.9 Å². The molecule has 4 heteroatoms. The second-order valence-corrected chi connectivity index (χ2v) is 5.61. The maximum Gasteiger partial charge on any atom is 0.310 e. The fraction of sp³-hybridized carbons (Fsp3) is 0.250. The Balaban J connectivity index is 1.96. The Morgan fingerprint density at radius 2 is 2.00 bits per heavy atom. The molecule has 0 saturated carbocycles. The molecule has 1 aromatic heterocycles. The topological polar surface area (TPSA) is 50.2 Å². The third kappa shape index (κ3) is 4.17. The Labute approximate surface area is 126 Å². The molecule has 0 fully saturated rings. The SMILES string of the molecule is O=C(O)C(CCCc1cccnc1)c1ccc(Br)cc1. The van der Waals surface area contributed by atoms with E-state index in [2.05, 4.69) is 20.9 Å². The largest absolute Gasteiger partial charge is 0.481 e. The average Bonchev–Trinajstić information content (AvgIpc) is 2.46. The number of pyridine rings is 1. The lowest BCUT2D eigenvalue weighted by molar-refractivity contribution is -0.139. The molecule has 1 unspecified atom stereocenters. The number of hydrogen-bond donors (Lipinski definition) is 1. The Bertz CT molecular complexity index is 554. The van der Waals surface area contributed by atoms with E-state index in [-0.39, 0.29) is 0 Å². The molecule has 0 aliphatic heterocycles. The molecule has 2 aromatic rings. The van der Waals surface area contributed by atoms with Gasteiger partial charge in [0.1, 0.15) is 0 Å². The third-order valence-corrected chi connectivity index (χ3v) is 3.78. The van der Waals surface area contributed by atoms with Crippen molar-refractivity contribution in [2.45, 2.75) is 25.2 Å². The quantitative estimate of drug-likeness (QED) is 0.867. The molecule has 0 amide bonds. The summed E-state index contributed by atoms with van der Waals surface area (Å²) in [6.07, 6.45) is 5.89. The highest BCUT2D eigenvalue weighted by atomic mass is 79.9. The number of carbonyl (C=O) groups is 1. The van der Waals surface area contributed by atoms with Gasteiger partial charge in [-0.15, -0.1) is 0 Å². The minimum atomic E-state index is -0.765. The summed E-state index contributed by atoms with van der Waals surface area (Å²) in [4.78, 5) is 15.5. The van der Waals surface area contributed by atoms with Crippen LogP contribution in [0.2, 0.25) is 0 Å². The lowest BCUT2D eigenvalue weighted by Gasteiger charge is -2.12. The van der Waals surface area contributed by atoms with Gasteiger partial charge < -0.3 is 5.11 Å². The van der Waals surface area contributed by atoms with Gasteiger partial charge in [-0.1, -0.05) is 34.1 Å². The van der Waals surface area contributed by atoms with Gasteiger partial charge in [0.15, 0.2) is 0 Å². The number of carboxylic acid groups (broad SMARTS) is 1. The van der Waals surface area contributed by atoms with Crippen molar-refractivity contribution in [2.75, 3.05) is 0 Å². The molecule has 0 saturated heterocycles. The summed E-state index contributed by atoms with van der Waals surface area (Å²) in [5.41, 5.74) is 2.00. The van der Waals surface area contributed by atoms with Crippen molar-refractivity contribution in [3.05, 3.63) is 64.4 Å². The second-order valence-electron chi connectivity index (χ2n) is 4.70. The van der Waals surface area contributed by atoms with Gasteiger partial charge >= 0.3 is 5.97 Å². The van der Waals surface area contributed by atoms with E-state index in [0.29, 0.717) is 6.42 Å². The van der Waals surface area contributed by atoms with Crippen LogP contribution in [0.4, 0.5) is 0 Å². The van der Waals surface area contributed by atoms with Crippen LogP contribution in [-0.2, 0) is 11.2 Å². The number of hydrogen-bond acceptors (Lipinski definition) is 2. The maximum absolute atomic E-state index is 11.4. The third-order valence-electron chi connectivity index (χ3n) is 3.25. The predicted molar refractivity (Wildman–Crippen MR) is 81.7 cm³/mol. The highest BCUT2D eigenvalue weighted by Crippen LogP contribution is 2.24. The van der Waals surface area contributed by atoms with E-state index in [1.165, 1.54) is 0 Å². The predicted octanol–water partition coefficient (Wildman–Crippen LogP) is 4.04. The smallest absolute Gasteiger partial charge is 0.310 e. The molecular weight excluding hydrogens is 318 g/mol. The van der Waals surface area contributed by atoms with Gasteiger partial charge in [0.2, 0.25) is 0 Å². The first-order chi connectivity index (χ1) is 9.66. The highest BCUT2D eigenvalue weighted by Gasteiger charge is 2.19. The Morgan fingerprint density at radius 1 is 1.25 bits per heavy atom. The van der Waals surface area contributed by atoms with Crippen molar-refractivity contribution in [3.8, 4) is 0 Å². The van der Waals surface area contributed by atoms with Gasteiger partial charge in [-0.3, -0.25) is 9.78 Å². The zero-order chi connectivity index (χ0) is 14.4. The van der Waals surface area contributed by atoms with Crippen LogP contribution in [0.15, 0.2) is 53.3 Å². The van der Waals surface area contributed by atoms with E-state index in [9.17, 15) is 9.90 Å². The molecule has 2 rings (SSSR count). The first kappa shape index (κ1) is 14.7. The number of aromatic nitrogens is 1. The van der Waals surface area contributed by atoms with Crippen molar-refractivity contribution < 1.29 is 9.90 Å². The highest BCUT2D eigenvalue weighted by molar-refractivity contribution is 9.10. The molecule has 0 bridgehead atoms. The van der Waals surface area contributed by atoms with Gasteiger partial charge in [-0.05, 0) is 48.6 Å². The molecular formula is C16H16BrNO2. The normalized spacial score (nSPS) is 12.1. The Kier molecular flexibility index (Phi) is 5.30. The molecule has 0 spiro atoms. The summed E-state index contributed by atoms with van der Waals surface area (Å²) in [6, 6.07) is 11.4. The Morgan fingerprint density at radius 3 is 2.60 bits per heavy atom. The van der Waals surface area contributed by atoms with E-state index in [4.69, 9.17) is 0 Å². The first-order valence-electron chi connectivity index (χ1n) is 6.54. The minimum Gasteiger partial charge on any atom is -0.481 e. The van der Waals surface area contributed by atoms with Crippen LogP contribution < -0.4 is 0 Å². The van der Waals surface area contributed by atoms with Crippen molar-refractivity contribution in [1.82, 2.24) is 4.98 Å². The second kappa shape index (κ2) is 7.20. The molecule has 1 atom stereocenters. The van der Waals surface area contributed by atoms with Crippen LogP contribution in [0.1, 0.15) is 29.9 Å². The van der Waals surface area contributed by atoms with Crippen LogP contribution in [0.3, 0.4) is 0 Å². The molecule has 1 N–H and O–H groups in total. The summed E-state index contributed by atoms with van der Waals surface area (Å²) < 4.78 is 0.959. The lowest BCUT2D eigenvalue weighted by Crippen LogP contribution is -2.12. The molecule has 1 aromatic carbocycles. The van der Waals surface area contributed by atoms with E-state index in [0.717, 1.165) is 28.4 Å². The number of benzene rings is 1. The van der Waals surface area contributed by atoms with Gasteiger partial charge in [0.25, 0.3) is 0 Å². The van der Waals surface area contributed by atoms with Crippen molar-refractivity contribution in [3.63, 3.8) is 0 Å². The summed E-state index contributed by atoms with van der Waals surface area (Å²) in [5.74, 6) is -1.21. The number of aliphatic carboxylic acids is 1. The number of halogens is 1. The minimum absolute atomic E-state index is 0.445. The van der Waals surface area contributed by atoms with Crippen molar-refractivity contribution >= 4 is 21.9 Å². The van der Waals surface area contributed by atoms with E-state index >= 15 is 0 Å². The van der Waals surface area contributed by atoms with Gasteiger partial charge in [-0.25, -0.2) is 0 Å². The van der Waals surface area contributed by atoms with E-state index in [1.54, 1.807) is 6.20 Å². The van der Waals surface area contributed by atoms with E-state index in [1.807, 2.05) is 42.6 Å². The van der Waals surface area contributed by atoms with Crippen LogP contribution >= 0.6 is 15.9 Å². The average molecular weight is 334 g/mol. The maximum atomic E-state index is 11.4. The van der Waals surface area contributed by atoms with Crippen molar-refractivity contribution in [1.29, 1.82) is 0 Å². The van der Waals surface area contributed by atoms with Gasteiger partial charge in [0.05, 0.1) is 5.92 Å². The number of rotatable bonds is 6. The molecule has 3 nitrogen and oxygen atoms in total. The molecule has 0 aliphatic carbocycles. The molecule has 20 heavy (non-hydrogen) atoms. The van der Waals surface area contributed by atoms with Gasteiger partial charge in [-0.2, -0.15) is 0 Å². The van der Waals surface area contributed by atoms with Gasteiger partial charge in [0, 0.05) is 16.9 Å². The standard InChI is InChI=1S/C16H16BrNO2/c17-14-8-6-13(7-9-14)15(16(19)20)5-1-3-12-4-2-10-18-11-12/h2,4,6-11,15H,1,3,5H2,(H,19,20). The molecule has 104 valence electrons. The summed E-state index contributed by atoms with van der Waals surface area (Å²) in [5, 5.41) is 9.37. The Hall–Kier alpha value is -1.68. The zero-order valence-corrected chi connectivity index (χ0v) is 12.6. The van der Waals surface area contributed by atoms with Crippen LogP contribution in [0, 0.1) is 0 Å². The molecule has 0 aliphatic rings.